The van der Waals surface area contributed by atoms with Crippen molar-refractivity contribution in [3.05, 3.63) is 41.0 Å². The summed E-state index contributed by atoms with van der Waals surface area (Å²) >= 11 is 0. The molecule has 1 heteroatoms. The van der Waals surface area contributed by atoms with Crippen LogP contribution in [0.5, 0.6) is 5.75 Å². The van der Waals surface area contributed by atoms with E-state index in [0.717, 1.165) is 24.2 Å². The first kappa shape index (κ1) is 14.4. The van der Waals surface area contributed by atoms with Gasteiger partial charge in [0.2, 0.25) is 0 Å². The number of fused-ring (bicyclic) bond motifs is 5. The van der Waals surface area contributed by atoms with Crippen molar-refractivity contribution in [1.82, 2.24) is 0 Å². The number of hydrogen-bond donors (Lipinski definition) is 1. The van der Waals surface area contributed by atoms with Gasteiger partial charge in [-0.1, -0.05) is 24.6 Å². The third-order valence-corrected chi connectivity index (χ3v) is 7.26. The maximum absolute atomic E-state index is 9.77. The molecule has 0 aliphatic heterocycles. The molecule has 1 aromatic carbocycles. The Balaban J connectivity index is 1.72. The van der Waals surface area contributed by atoms with E-state index in [1.807, 2.05) is 12.1 Å². The minimum atomic E-state index is 0.438. The maximum Gasteiger partial charge on any atom is 0.115 e. The summed E-state index contributed by atoms with van der Waals surface area (Å²) in [5.41, 5.74) is 5.24. The Bertz CT molecular complexity index is 614. The predicted octanol–water partition coefficient (Wildman–Crippen LogP) is 5.58. The fourth-order valence-electron chi connectivity index (χ4n) is 6.33. The van der Waals surface area contributed by atoms with Gasteiger partial charge in [0.05, 0.1) is 0 Å². The Morgan fingerprint density at radius 1 is 1.23 bits per heavy atom. The normalized spacial score (nSPS) is 38.5. The number of phenols is 1. The van der Waals surface area contributed by atoms with Crippen LogP contribution in [0, 0.1) is 17.3 Å². The zero-order valence-electron chi connectivity index (χ0n) is 13.9. The van der Waals surface area contributed by atoms with Gasteiger partial charge in [-0.25, -0.2) is 0 Å². The van der Waals surface area contributed by atoms with Gasteiger partial charge in [-0.05, 0) is 98.3 Å². The van der Waals surface area contributed by atoms with Gasteiger partial charge in [0.25, 0.3) is 0 Å². The van der Waals surface area contributed by atoms with Crippen LogP contribution in [0.2, 0.25) is 0 Å². The average molecular weight is 296 g/mol. The molecule has 0 heterocycles. The molecule has 3 unspecified atom stereocenters. The fraction of sp³-hybridized carbons (Fsp3) is 0.619. The molecule has 0 amide bonds. The lowest BCUT2D eigenvalue weighted by Crippen LogP contribution is -2.41. The minimum absolute atomic E-state index is 0.438. The molecule has 0 spiro atoms. The molecule has 2 fully saturated rings. The molecule has 2 saturated carbocycles. The van der Waals surface area contributed by atoms with Crippen LogP contribution in [0.4, 0.5) is 0 Å². The Morgan fingerprint density at radius 3 is 2.86 bits per heavy atom. The van der Waals surface area contributed by atoms with Crippen molar-refractivity contribution in [3.8, 4) is 5.75 Å². The molecule has 0 aromatic heterocycles. The summed E-state index contributed by atoms with van der Waals surface area (Å²) in [7, 11) is 0. The van der Waals surface area contributed by atoms with E-state index in [-0.39, 0.29) is 0 Å². The fourth-order valence-corrected chi connectivity index (χ4v) is 6.33. The van der Waals surface area contributed by atoms with Crippen LogP contribution in [0.1, 0.15) is 69.4 Å². The zero-order valence-corrected chi connectivity index (χ0v) is 13.9. The van der Waals surface area contributed by atoms with Crippen molar-refractivity contribution >= 4 is 0 Å². The molecule has 118 valence electrons. The monoisotopic (exact) mass is 296 g/mol. The molecule has 1 nitrogen and oxygen atoms in total. The van der Waals surface area contributed by atoms with Gasteiger partial charge >= 0.3 is 0 Å². The molecule has 0 saturated heterocycles. The highest BCUT2D eigenvalue weighted by Gasteiger charge is 2.53. The van der Waals surface area contributed by atoms with Crippen molar-refractivity contribution in [1.29, 1.82) is 0 Å². The second-order valence-electron chi connectivity index (χ2n) is 7.70. The number of aromatic hydroxyl groups is 1. The standard InChI is InChI=1S/C21H28O/c1-3-15-6-10-20-19-8-5-14-13-16(22)7-9-17(14)18(19)11-12-21(15,20)4-2/h3,7,9,13,18-20,22H,4-6,8,10-12H2,1-2H3/t18?,19?,20?,21-/m1/s1. The van der Waals surface area contributed by atoms with Crippen molar-refractivity contribution in [2.45, 2.75) is 64.7 Å². The summed E-state index contributed by atoms with van der Waals surface area (Å²) in [5.74, 6) is 2.94. The summed E-state index contributed by atoms with van der Waals surface area (Å²) in [6, 6.07) is 6.13. The van der Waals surface area contributed by atoms with E-state index in [1.165, 1.54) is 44.1 Å². The highest BCUT2D eigenvalue weighted by atomic mass is 16.3. The molecule has 0 bridgehead atoms. The van der Waals surface area contributed by atoms with E-state index in [0.29, 0.717) is 11.2 Å². The van der Waals surface area contributed by atoms with Crippen molar-refractivity contribution in [2.24, 2.45) is 17.3 Å². The molecule has 3 aliphatic carbocycles. The van der Waals surface area contributed by atoms with Crippen LogP contribution in [-0.2, 0) is 6.42 Å². The van der Waals surface area contributed by atoms with Crippen molar-refractivity contribution in [2.75, 3.05) is 0 Å². The van der Waals surface area contributed by atoms with Crippen LogP contribution in [-0.4, -0.2) is 5.11 Å². The third-order valence-electron chi connectivity index (χ3n) is 7.26. The van der Waals surface area contributed by atoms with E-state index in [2.05, 4.69) is 26.0 Å². The van der Waals surface area contributed by atoms with Gasteiger partial charge in [-0.15, -0.1) is 0 Å². The second-order valence-corrected chi connectivity index (χ2v) is 7.70. The van der Waals surface area contributed by atoms with E-state index in [9.17, 15) is 5.11 Å². The minimum Gasteiger partial charge on any atom is -0.508 e. The Hall–Kier alpha value is -1.24. The van der Waals surface area contributed by atoms with Crippen LogP contribution >= 0.6 is 0 Å². The predicted molar refractivity (Wildman–Crippen MR) is 91.1 cm³/mol. The second kappa shape index (κ2) is 5.15. The average Bonchev–Trinajstić information content (AvgIpc) is 2.93. The van der Waals surface area contributed by atoms with Gasteiger partial charge in [0.15, 0.2) is 0 Å². The van der Waals surface area contributed by atoms with Gasteiger partial charge in [0, 0.05) is 0 Å². The third kappa shape index (κ3) is 1.84. The van der Waals surface area contributed by atoms with Crippen LogP contribution in [0.15, 0.2) is 29.8 Å². The largest absolute Gasteiger partial charge is 0.508 e. The first-order valence-electron chi connectivity index (χ1n) is 9.17. The van der Waals surface area contributed by atoms with Gasteiger partial charge in [-0.2, -0.15) is 0 Å². The van der Waals surface area contributed by atoms with Gasteiger partial charge in [-0.3, -0.25) is 0 Å². The lowest BCUT2D eigenvalue weighted by molar-refractivity contribution is 0.0640. The smallest absolute Gasteiger partial charge is 0.115 e. The highest BCUT2D eigenvalue weighted by Crippen LogP contribution is 2.64. The Kier molecular flexibility index (Phi) is 3.36. The quantitative estimate of drug-likeness (QED) is 0.670. The molecule has 22 heavy (non-hydrogen) atoms. The van der Waals surface area contributed by atoms with Gasteiger partial charge in [0.1, 0.15) is 5.75 Å². The lowest BCUT2D eigenvalue weighted by atomic mass is 9.53. The molecule has 0 radical (unpaired) electrons. The summed E-state index contributed by atoms with van der Waals surface area (Å²) < 4.78 is 0. The molecule has 4 rings (SSSR count). The van der Waals surface area contributed by atoms with Crippen LogP contribution in [0.3, 0.4) is 0 Å². The summed E-state index contributed by atoms with van der Waals surface area (Å²) in [4.78, 5) is 0. The number of rotatable bonds is 1. The van der Waals surface area contributed by atoms with Crippen molar-refractivity contribution < 1.29 is 5.11 Å². The van der Waals surface area contributed by atoms with Gasteiger partial charge < -0.3 is 5.11 Å². The zero-order chi connectivity index (χ0) is 15.3. The summed E-state index contributed by atoms with van der Waals surface area (Å²) in [6.45, 7) is 4.66. The molecule has 4 atom stereocenters. The number of hydrogen-bond acceptors (Lipinski definition) is 1. The molecular formula is C21H28O. The van der Waals surface area contributed by atoms with E-state index < -0.39 is 0 Å². The van der Waals surface area contributed by atoms with E-state index in [4.69, 9.17) is 0 Å². The number of phenolic OH excluding ortho intramolecular Hbond substituents is 1. The first-order chi connectivity index (χ1) is 10.7. The topological polar surface area (TPSA) is 20.2 Å². The first-order valence-corrected chi connectivity index (χ1v) is 9.17. The number of aryl methyl sites for hydroxylation is 1. The summed E-state index contributed by atoms with van der Waals surface area (Å²) in [6.07, 6.45) is 11.7. The molecule has 3 aliphatic rings. The van der Waals surface area contributed by atoms with Crippen LogP contribution < -0.4 is 0 Å². The SMILES string of the molecule is CC=C1CCC2C3CCc4cc(O)ccc4C3CC[C@]12CC. The molecule has 1 aromatic rings. The summed E-state index contributed by atoms with van der Waals surface area (Å²) in [5, 5.41) is 9.77. The molecule has 1 N–H and O–H groups in total. The maximum atomic E-state index is 9.77. The van der Waals surface area contributed by atoms with E-state index >= 15 is 0 Å². The number of benzene rings is 1. The Morgan fingerprint density at radius 2 is 2.09 bits per heavy atom. The van der Waals surface area contributed by atoms with Crippen molar-refractivity contribution in [3.63, 3.8) is 0 Å². The lowest BCUT2D eigenvalue weighted by Gasteiger charge is -2.51. The van der Waals surface area contributed by atoms with Crippen LogP contribution in [0.25, 0.3) is 0 Å². The number of allylic oxidation sites excluding steroid dienone is 2. The Labute approximate surface area is 134 Å². The highest BCUT2D eigenvalue weighted by molar-refractivity contribution is 5.41. The molecular weight excluding hydrogens is 268 g/mol. The van der Waals surface area contributed by atoms with E-state index in [1.54, 1.807) is 11.1 Å².